The van der Waals surface area contributed by atoms with Gasteiger partial charge in [-0.1, -0.05) is 17.7 Å². The fourth-order valence-electron chi connectivity index (χ4n) is 3.11. The van der Waals surface area contributed by atoms with Crippen LogP contribution in [0.25, 0.3) is 0 Å². The van der Waals surface area contributed by atoms with Gasteiger partial charge < -0.3 is 16.0 Å². The highest BCUT2D eigenvalue weighted by Crippen LogP contribution is 2.28. The van der Waals surface area contributed by atoms with Crippen molar-refractivity contribution in [2.24, 2.45) is 11.7 Å². The fourth-order valence-corrected chi connectivity index (χ4v) is 3.89. The molecule has 0 radical (unpaired) electrons. The van der Waals surface area contributed by atoms with Crippen molar-refractivity contribution in [1.82, 2.24) is 4.90 Å². The summed E-state index contributed by atoms with van der Waals surface area (Å²) in [5, 5.41) is 5.01. The molecule has 2 unspecified atom stereocenters. The molecule has 0 spiro atoms. The molecular weight excluding hydrogens is 393 g/mol. The second kappa shape index (κ2) is 8.86. The van der Waals surface area contributed by atoms with Gasteiger partial charge in [-0.3, -0.25) is 9.59 Å². The third-order valence-electron chi connectivity index (χ3n) is 4.46. The summed E-state index contributed by atoms with van der Waals surface area (Å²) in [6.45, 7) is 3.27. The fraction of sp³-hybridized carbons (Fsp3) is 0.333. The van der Waals surface area contributed by atoms with Gasteiger partial charge in [0.15, 0.2) is 0 Å². The minimum absolute atomic E-state index is 0. The smallest absolute Gasteiger partial charge is 0.265 e. The first-order valence-corrected chi connectivity index (χ1v) is 9.40. The van der Waals surface area contributed by atoms with E-state index in [4.69, 9.17) is 17.3 Å². The van der Waals surface area contributed by atoms with E-state index in [1.54, 1.807) is 24.3 Å². The van der Waals surface area contributed by atoms with Crippen LogP contribution in [-0.2, 0) is 0 Å². The number of nitrogens with two attached hydrogens (primary N) is 1. The van der Waals surface area contributed by atoms with Crippen LogP contribution in [0.3, 0.4) is 0 Å². The van der Waals surface area contributed by atoms with E-state index in [2.05, 4.69) is 5.32 Å². The Labute approximate surface area is 167 Å². The van der Waals surface area contributed by atoms with Crippen molar-refractivity contribution >= 4 is 52.8 Å². The maximum absolute atomic E-state index is 12.8. The third-order valence-corrected chi connectivity index (χ3v) is 5.66. The number of thiophene rings is 1. The highest BCUT2D eigenvalue weighted by atomic mass is 35.5. The average molecular weight is 414 g/mol. The van der Waals surface area contributed by atoms with Gasteiger partial charge >= 0.3 is 0 Å². The minimum Gasteiger partial charge on any atom is -0.336 e. The van der Waals surface area contributed by atoms with Crippen LogP contribution in [0.2, 0.25) is 5.02 Å². The Kier molecular flexibility index (Phi) is 7.06. The van der Waals surface area contributed by atoms with Crippen molar-refractivity contribution in [3.8, 4) is 0 Å². The molecule has 8 heteroatoms. The molecule has 1 saturated heterocycles. The first kappa shape index (κ1) is 20.7. The van der Waals surface area contributed by atoms with Crippen LogP contribution in [0.5, 0.6) is 0 Å². The molecule has 3 rings (SSSR count). The van der Waals surface area contributed by atoms with Crippen LogP contribution in [0.4, 0.5) is 5.69 Å². The summed E-state index contributed by atoms with van der Waals surface area (Å²) in [6.07, 6.45) is 0.914. The molecule has 1 aliphatic rings. The second-order valence-corrected chi connectivity index (χ2v) is 7.62. The molecule has 0 bridgehead atoms. The van der Waals surface area contributed by atoms with Crippen molar-refractivity contribution in [2.45, 2.75) is 19.4 Å². The molecule has 2 heterocycles. The molecule has 140 valence electrons. The first-order valence-electron chi connectivity index (χ1n) is 8.15. The van der Waals surface area contributed by atoms with E-state index in [9.17, 15) is 9.59 Å². The maximum Gasteiger partial charge on any atom is 0.265 e. The Balaban J connectivity index is 0.00000243. The molecule has 26 heavy (non-hydrogen) atoms. The summed E-state index contributed by atoms with van der Waals surface area (Å²) >= 11 is 7.54. The van der Waals surface area contributed by atoms with E-state index in [-0.39, 0.29) is 30.3 Å². The average Bonchev–Trinajstić information content (AvgIpc) is 3.25. The normalized spacial score (nSPS) is 19.1. The summed E-state index contributed by atoms with van der Waals surface area (Å²) < 4.78 is 0. The van der Waals surface area contributed by atoms with Crippen LogP contribution in [0.1, 0.15) is 33.4 Å². The van der Waals surface area contributed by atoms with Gasteiger partial charge in [-0.2, -0.15) is 0 Å². The van der Waals surface area contributed by atoms with Gasteiger partial charge in [0, 0.05) is 18.2 Å². The number of amides is 2. The van der Waals surface area contributed by atoms with Crippen LogP contribution in [0, 0.1) is 5.92 Å². The number of hydrogen-bond donors (Lipinski definition) is 2. The quantitative estimate of drug-likeness (QED) is 0.797. The number of carbonyl (C=O) groups is 2. The molecule has 1 fully saturated rings. The summed E-state index contributed by atoms with van der Waals surface area (Å²) in [6, 6.07) is 8.67. The second-order valence-electron chi connectivity index (χ2n) is 6.27. The molecule has 1 aromatic carbocycles. The van der Waals surface area contributed by atoms with Crippen LogP contribution in [0.15, 0.2) is 35.7 Å². The molecule has 3 N–H and O–H groups in total. The number of hydrogen-bond acceptors (Lipinski definition) is 4. The van der Waals surface area contributed by atoms with Crippen molar-refractivity contribution in [3.63, 3.8) is 0 Å². The van der Waals surface area contributed by atoms with Crippen LogP contribution < -0.4 is 11.1 Å². The summed E-state index contributed by atoms with van der Waals surface area (Å²) in [5.41, 5.74) is 6.69. The van der Waals surface area contributed by atoms with Crippen molar-refractivity contribution in [3.05, 3.63) is 51.2 Å². The van der Waals surface area contributed by atoms with Gasteiger partial charge in [-0.25, -0.2) is 0 Å². The zero-order valence-corrected chi connectivity index (χ0v) is 16.7. The van der Waals surface area contributed by atoms with Gasteiger partial charge in [-0.05, 0) is 55.5 Å². The standard InChI is InChI=1S/C18H20ClN3O2S.ClH/c1-11-7-12(9-20)10-22(11)18(24)13-4-5-14(19)15(8-13)21-17(23)16-3-2-6-25-16;/h2-6,8,11-12H,7,9-10,20H2,1H3,(H,21,23);1H. The summed E-state index contributed by atoms with van der Waals surface area (Å²) in [4.78, 5) is 27.5. The number of nitrogens with one attached hydrogen (secondary N) is 1. The Morgan fingerprint density at radius 2 is 2.15 bits per heavy atom. The number of benzene rings is 1. The molecule has 0 aliphatic carbocycles. The molecule has 2 amide bonds. The van der Waals surface area contributed by atoms with E-state index < -0.39 is 0 Å². The number of rotatable bonds is 4. The Morgan fingerprint density at radius 3 is 2.77 bits per heavy atom. The summed E-state index contributed by atoms with van der Waals surface area (Å²) in [5.74, 6) is 0.0372. The van der Waals surface area contributed by atoms with E-state index in [1.807, 2.05) is 23.3 Å². The largest absolute Gasteiger partial charge is 0.336 e. The molecule has 5 nitrogen and oxygen atoms in total. The zero-order valence-electron chi connectivity index (χ0n) is 14.3. The van der Waals surface area contributed by atoms with Gasteiger partial charge in [-0.15, -0.1) is 23.7 Å². The Morgan fingerprint density at radius 1 is 1.38 bits per heavy atom. The molecule has 1 aliphatic heterocycles. The zero-order chi connectivity index (χ0) is 18.0. The molecule has 2 aromatic rings. The lowest BCUT2D eigenvalue weighted by molar-refractivity contribution is 0.0743. The number of carbonyl (C=O) groups excluding carboxylic acids is 2. The predicted molar refractivity (Wildman–Crippen MR) is 109 cm³/mol. The van der Waals surface area contributed by atoms with Crippen LogP contribution >= 0.6 is 35.3 Å². The monoisotopic (exact) mass is 413 g/mol. The molecule has 1 aromatic heterocycles. The van der Waals surface area contributed by atoms with E-state index in [0.717, 1.165) is 6.42 Å². The lowest BCUT2D eigenvalue weighted by atomic mass is 10.1. The van der Waals surface area contributed by atoms with Crippen molar-refractivity contribution in [1.29, 1.82) is 0 Å². The topological polar surface area (TPSA) is 75.4 Å². The number of anilines is 1. The van der Waals surface area contributed by atoms with Crippen molar-refractivity contribution in [2.75, 3.05) is 18.4 Å². The Hall–Kier alpha value is -1.60. The van der Waals surface area contributed by atoms with E-state index in [0.29, 0.717) is 40.2 Å². The highest BCUT2D eigenvalue weighted by Gasteiger charge is 2.32. The number of halogens is 2. The van der Waals surface area contributed by atoms with E-state index >= 15 is 0 Å². The van der Waals surface area contributed by atoms with Gasteiger partial charge in [0.25, 0.3) is 11.8 Å². The van der Waals surface area contributed by atoms with Gasteiger partial charge in [0.05, 0.1) is 15.6 Å². The maximum atomic E-state index is 12.8. The molecule has 0 saturated carbocycles. The first-order chi connectivity index (χ1) is 12.0. The SMILES string of the molecule is CC1CC(CN)CN1C(=O)c1ccc(Cl)c(NC(=O)c2cccs2)c1.Cl. The Bertz CT molecular complexity index is 783. The number of likely N-dealkylation sites (tertiary alicyclic amines) is 1. The third kappa shape index (κ3) is 4.38. The van der Waals surface area contributed by atoms with E-state index in [1.165, 1.54) is 11.3 Å². The summed E-state index contributed by atoms with van der Waals surface area (Å²) in [7, 11) is 0. The lowest BCUT2D eigenvalue weighted by Gasteiger charge is -2.22. The van der Waals surface area contributed by atoms with Gasteiger partial charge in [0.1, 0.15) is 0 Å². The van der Waals surface area contributed by atoms with Gasteiger partial charge in [0.2, 0.25) is 0 Å². The molecular formula is C18H21Cl2N3O2S. The highest BCUT2D eigenvalue weighted by molar-refractivity contribution is 7.12. The minimum atomic E-state index is -0.237. The predicted octanol–water partition coefficient (Wildman–Crippen LogP) is 3.88. The molecule has 2 atom stereocenters. The lowest BCUT2D eigenvalue weighted by Crippen LogP contribution is -2.34. The van der Waals surface area contributed by atoms with Crippen molar-refractivity contribution < 1.29 is 9.59 Å². The van der Waals surface area contributed by atoms with Crippen LogP contribution in [-0.4, -0.2) is 35.8 Å². The number of nitrogens with zero attached hydrogens (tertiary/aromatic N) is 1.